The Hall–Kier alpha value is -2.46. The SMILES string of the molecule is CCC1(CC)c2cc(-c3cccs3)ccc2-c2ccc(-c3ccc(-c4cccs4)s3)cc21. The van der Waals surface area contributed by atoms with E-state index in [-0.39, 0.29) is 5.41 Å². The molecule has 1 aliphatic carbocycles. The van der Waals surface area contributed by atoms with Gasteiger partial charge in [-0.25, -0.2) is 0 Å². The van der Waals surface area contributed by atoms with Crippen LogP contribution in [-0.2, 0) is 5.41 Å². The van der Waals surface area contributed by atoms with Crippen molar-refractivity contribution in [3.8, 4) is 41.8 Å². The van der Waals surface area contributed by atoms with Gasteiger partial charge in [0.25, 0.3) is 0 Å². The quantitative estimate of drug-likeness (QED) is 0.241. The highest BCUT2D eigenvalue weighted by Crippen LogP contribution is 2.54. The van der Waals surface area contributed by atoms with Crippen molar-refractivity contribution in [2.24, 2.45) is 0 Å². The maximum Gasteiger partial charge on any atom is 0.0449 e. The standard InChI is InChI=1S/C29H24S3/c1-3-29(4-2)23-17-19(25-7-5-15-30-25)9-11-21(23)22-12-10-20(18-24(22)29)26-13-14-28(32-26)27-8-6-16-31-27/h5-18H,3-4H2,1-2H3. The summed E-state index contributed by atoms with van der Waals surface area (Å²) in [5.74, 6) is 0. The van der Waals surface area contributed by atoms with Crippen molar-refractivity contribution >= 4 is 34.0 Å². The van der Waals surface area contributed by atoms with Crippen molar-refractivity contribution in [1.82, 2.24) is 0 Å². The van der Waals surface area contributed by atoms with Crippen LogP contribution < -0.4 is 0 Å². The van der Waals surface area contributed by atoms with Gasteiger partial charge < -0.3 is 0 Å². The number of benzene rings is 2. The molecule has 0 fully saturated rings. The smallest absolute Gasteiger partial charge is 0.0449 e. The average molecular weight is 469 g/mol. The molecule has 5 aromatic rings. The topological polar surface area (TPSA) is 0 Å². The van der Waals surface area contributed by atoms with Gasteiger partial charge in [0.05, 0.1) is 0 Å². The largest absolute Gasteiger partial charge is 0.144 e. The number of rotatable bonds is 5. The van der Waals surface area contributed by atoms with E-state index in [9.17, 15) is 0 Å². The molecule has 0 atom stereocenters. The monoisotopic (exact) mass is 468 g/mol. The minimum atomic E-state index is 0.0851. The highest BCUT2D eigenvalue weighted by molar-refractivity contribution is 7.23. The lowest BCUT2D eigenvalue weighted by molar-refractivity contribution is 0.491. The maximum atomic E-state index is 2.48. The van der Waals surface area contributed by atoms with Gasteiger partial charge in [-0.2, -0.15) is 0 Å². The minimum absolute atomic E-state index is 0.0851. The van der Waals surface area contributed by atoms with Gasteiger partial charge in [0.15, 0.2) is 0 Å². The molecular formula is C29H24S3. The van der Waals surface area contributed by atoms with Crippen molar-refractivity contribution in [3.63, 3.8) is 0 Å². The molecule has 0 N–H and O–H groups in total. The summed E-state index contributed by atoms with van der Waals surface area (Å²) in [7, 11) is 0. The Kier molecular flexibility index (Phi) is 4.94. The van der Waals surface area contributed by atoms with E-state index in [0.29, 0.717) is 0 Å². The van der Waals surface area contributed by atoms with Crippen molar-refractivity contribution in [2.75, 3.05) is 0 Å². The van der Waals surface area contributed by atoms with Crippen LogP contribution in [0.15, 0.2) is 83.6 Å². The molecule has 3 heteroatoms. The molecule has 2 aromatic carbocycles. The predicted octanol–water partition coefficient (Wildman–Crippen LogP) is 9.96. The van der Waals surface area contributed by atoms with Gasteiger partial charge in [0.1, 0.15) is 0 Å². The van der Waals surface area contributed by atoms with Gasteiger partial charge in [0, 0.05) is 24.9 Å². The molecule has 3 aromatic heterocycles. The lowest BCUT2D eigenvalue weighted by Gasteiger charge is -2.30. The molecule has 3 heterocycles. The van der Waals surface area contributed by atoms with E-state index in [4.69, 9.17) is 0 Å². The zero-order valence-electron chi connectivity index (χ0n) is 18.2. The average Bonchev–Trinajstić information content (AvgIpc) is 3.64. The zero-order valence-corrected chi connectivity index (χ0v) is 20.7. The molecule has 0 nitrogen and oxygen atoms in total. The van der Waals surface area contributed by atoms with E-state index in [1.54, 1.807) is 0 Å². The Balaban J connectivity index is 1.48. The Morgan fingerprint density at radius 1 is 0.594 bits per heavy atom. The minimum Gasteiger partial charge on any atom is -0.144 e. The molecule has 32 heavy (non-hydrogen) atoms. The maximum absolute atomic E-state index is 2.48. The molecule has 0 spiro atoms. The van der Waals surface area contributed by atoms with Crippen LogP contribution in [0.3, 0.4) is 0 Å². The molecule has 6 rings (SSSR count). The third-order valence-electron chi connectivity index (χ3n) is 7.03. The third kappa shape index (κ3) is 2.99. The lowest BCUT2D eigenvalue weighted by Crippen LogP contribution is -2.23. The second-order valence-corrected chi connectivity index (χ2v) is 11.4. The van der Waals surface area contributed by atoms with Crippen LogP contribution in [0, 0.1) is 0 Å². The molecule has 0 saturated heterocycles. The van der Waals surface area contributed by atoms with Crippen molar-refractivity contribution in [3.05, 3.63) is 94.7 Å². The molecule has 0 unspecified atom stereocenters. The lowest BCUT2D eigenvalue weighted by atomic mass is 9.73. The fourth-order valence-corrected chi connectivity index (χ4v) is 7.86. The van der Waals surface area contributed by atoms with E-state index in [0.717, 1.165) is 12.8 Å². The van der Waals surface area contributed by atoms with Crippen LogP contribution in [0.25, 0.3) is 41.8 Å². The van der Waals surface area contributed by atoms with E-state index >= 15 is 0 Å². The molecule has 0 amide bonds. The summed E-state index contributed by atoms with van der Waals surface area (Å²) in [5.41, 5.74) is 8.62. The van der Waals surface area contributed by atoms with E-state index in [1.165, 1.54) is 52.9 Å². The second-order valence-electron chi connectivity index (χ2n) is 8.43. The first-order valence-corrected chi connectivity index (χ1v) is 13.8. The normalized spacial score (nSPS) is 13.8. The van der Waals surface area contributed by atoms with Crippen LogP contribution >= 0.6 is 34.0 Å². The van der Waals surface area contributed by atoms with Gasteiger partial charge in [-0.15, -0.1) is 34.0 Å². The van der Waals surface area contributed by atoms with Gasteiger partial charge >= 0.3 is 0 Å². The number of thiophene rings is 3. The molecule has 158 valence electrons. The summed E-state index contributed by atoms with van der Waals surface area (Å²) in [6, 6.07) is 27.6. The van der Waals surface area contributed by atoms with Crippen LogP contribution in [0.4, 0.5) is 0 Å². The van der Waals surface area contributed by atoms with Crippen LogP contribution in [0.1, 0.15) is 37.8 Å². The Morgan fingerprint density at radius 2 is 1.16 bits per heavy atom. The van der Waals surface area contributed by atoms with Gasteiger partial charge in [-0.05, 0) is 93.4 Å². The second kappa shape index (κ2) is 7.84. The molecular weight excluding hydrogens is 445 g/mol. The van der Waals surface area contributed by atoms with Gasteiger partial charge in [-0.1, -0.05) is 50.2 Å². The van der Waals surface area contributed by atoms with Crippen molar-refractivity contribution < 1.29 is 0 Å². The van der Waals surface area contributed by atoms with E-state index < -0.39 is 0 Å². The summed E-state index contributed by atoms with van der Waals surface area (Å²) in [5, 5.41) is 4.32. The molecule has 0 aliphatic heterocycles. The molecule has 0 radical (unpaired) electrons. The van der Waals surface area contributed by atoms with E-state index in [2.05, 4.69) is 97.4 Å². The number of hydrogen-bond acceptors (Lipinski definition) is 3. The van der Waals surface area contributed by atoms with Crippen LogP contribution in [0.5, 0.6) is 0 Å². The molecule has 0 bridgehead atoms. The first-order valence-electron chi connectivity index (χ1n) is 11.2. The highest BCUT2D eigenvalue weighted by Gasteiger charge is 2.40. The van der Waals surface area contributed by atoms with Crippen molar-refractivity contribution in [2.45, 2.75) is 32.1 Å². The fraction of sp³-hybridized carbons (Fsp3) is 0.172. The van der Waals surface area contributed by atoms with Crippen LogP contribution in [0.2, 0.25) is 0 Å². The number of hydrogen-bond donors (Lipinski definition) is 0. The first-order chi connectivity index (χ1) is 15.7. The predicted molar refractivity (Wildman–Crippen MR) is 143 cm³/mol. The Labute approximate surface area is 201 Å². The van der Waals surface area contributed by atoms with Crippen molar-refractivity contribution in [1.29, 1.82) is 0 Å². The fourth-order valence-electron chi connectivity index (χ4n) is 5.30. The highest BCUT2D eigenvalue weighted by atomic mass is 32.1. The Bertz CT molecular complexity index is 1380. The zero-order chi connectivity index (χ0) is 21.7. The summed E-state index contributed by atoms with van der Waals surface area (Å²) in [6.07, 6.45) is 2.23. The summed E-state index contributed by atoms with van der Waals surface area (Å²) < 4.78 is 0. The summed E-state index contributed by atoms with van der Waals surface area (Å²) in [4.78, 5) is 5.42. The molecule has 0 saturated carbocycles. The van der Waals surface area contributed by atoms with E-state index in [1.807, 2.05) is 34.0 Å². The summed E-state index contributed by atoms with van der Waals surface area (Å²) >= 11 is 5.54. The first kappa shape index (κ1) is 20.2. The Morgan fingerprint density at radius 3 is 1.72 bits per heavy atom. The van der Waals surface area contributed by atoms with Gasteiger partial charge in [-0.3, -0.25) is 0 Å². The third-order valence-corrected chi connectivity index (χ3v) is 10.1. The number of fused-ring (bicyclic) bond motifs is 3. The molecule has 1 aliphatic rings. The summed E-state index contributed by atoms with van der Waals surface area (Å²) in [6.45, 7) is 4.71. The van der Waals surface area contributed by atoms with Crippen LogP contribution in [-0.4, -0.2) is 0 Å². The van der Waals surface area contributed by atoms with Gasteiger partial charge in [0.2, 0.25) is 0 Å².